The summed E-state index contributed by atoms with van der Waals surface area (Å²) in [6.07, 6.45) is 0. The summed E-state index contributed by atoms with van der Waals surface area (Å²) in [7, 11) is 0. The third kappa shape index (κ3) is 2.36. The van der Waals surface area contributed by atoms with Gasteiger partial charge in [0.1, 0.15) is 10.8 Å². The van der Waals surface area contributed by atoms with Crippen LogP contribution >= 0.6 is 22.9 Å². The van der Waals surface area contributed by atoms with Crippen LogP contribution in [0.15, 0.2) is 23.6 Å². The van der Waals surface area contributed by atoms with Gasteiger partial charge in [-0.05, 0) is 25.1 Å². The highest BCUT2D eigenvalue weighted by molar-refractivity contribution is 7.09. The molecule has 0 amide bonds. The van der Waals surface area contributed by atoms with Crippen LogP contribution in [0.4, 0.5) is 0 Å². The number of aromatic nitrogens is 3. The van der Waals surface area contributed by atoms with Crippen molar-refractivity contribution in [2.24, 2.45) is 5.73 Å². The molecule has 0 aliphatic rings. The lowest BCUT2D eigenvalue weighted by Gasteiger charge is -2.04. The van der Waals surface area contributed by atoms with Crippen LogP contribution in [0.1, 0.15) is 16.5 Å². The monoisotopic (exact) mass is 292 g/mol. The van der Waals surface area contributed by atoms with Gasteiger partial charge < -0.3 is 10.3 Å². The zero-order valence-electron chi connectivity index (χ0n) is 10.4. The molecule has 0 radical (unpaired) electrons. The number of hydrogen-bond acceptors (Lipinski definition) is 4. The Bertz CT molecular complexity index is 731. The topological polar surface area (TPSA) is 56.7 Å². The fourth-order valence-corrected chi connectivity index (χ4v) is 2.93. The lowest BCUT2D eigenvalue weighted by atomic mass is 10.3. The Hall–Kier alpha value is -1.43. The van der Waals surface area contributed by atoms with Crippen LogP contribution in [0.2, 0.25) is 5.02 Å². The Labute approximate surface area is 119 Å². The molecule has 3 aromatic rings. The van der Waals surface area contributed by atoms with E-state index in [4.69, 9.17) is 17.3 Å². The smallest absolute Gasteiger partial charge is 0.107 e. The summed E-state index contributed by atoms with van der Waals surface area (Å²) in [6, 6.07) is 5.76. The molecule has 0 atom stereocenters. The Balaban J connectivity index is 2.02. The lowest BCUT2D eigenvalue weighted by molar-refractivity contribution is 0.765. The molecule has 0 spiro atoms. The third-order valence-electron chi connectivity index (χ3n) is 3.00. The van der Waals surface area contributed by atoms with Crippen LogP contribution < -0.4 is 5.73 Å². The van der Waals surface area contributed by atoms with Crippen LogP contribution in [-0.2, 0) is 13.1 Å². The van der Waals surface area contributed by atoms with Crippen molar-refractivity contribution >= 4 is 34.0 Å². The fourth-order valence-electron chi connectivity index (χ4n) is 2.10. The van der Waals surface area contributed by atoms with Gasteiger partial charge in [0.2, 0.25) is 0 Å². The molecule has 1 aromatic carbocycles. The van der Waals surface area contributed by atoms with Crippen LogP contribution in [0.5, 0.6) is 0 Å². The van der Waals surface area contributed by atoms with Gasteiger partial charge in [-0.3, -0.25) is 0 Å². The molecule has 3 rings (SSSR count). The molecule has 4 nitrogen and oxygen atoms in total. The number of thiazole rings is 1. The Morgan fingerprint density at radius 1 is 1.37 bits per heavy atom. The van der Waals surface area contributed by atoms with E-state index in [1.165, 1.54) is 0 Å². The van der Waals surface area contributed by atoms with Gasteiger partial charge in [0.05, 0.1) is 23.3 Å². The van der Waals surface area contributed by atoms with Crippen LogP contribution in [0.3, 0.4) is 0 Å². The number of fused-ring (bicyclic) bond motifs is 1. The quantitative estimate of drug-likeness (QED) is 0.807. The van der Waals surface area contributed by atoms with Gasteiger partial charge in [-0.1, -0.05) is 11.6 Å². The maximum absolute atomic E-state index is 5.99. The fraction of sp³-hybridized carbons (Fsp3) is 0.231. The second-order valence-electron chi connectivity index (χ2n) is 4.31. The summed E-state index contributed by atoms with van der Waals surface area (Å²) >= 11 is 7.58. The molecule has 19 heavy (non-hydrogen) atoms. The zero-order valence-corrected chi connectivity index (χ0v) is 12.0. The summed E-state index contributed by atoms with van der Waals surface area (Å²) in [5, 5.41) is 3.71. The molecule has 0 unspecified atom stereocenters. The van der Waals surface area contributed by atoms with E-state index in [9.17, 15) is 0 Å². The molecule has 2 N–H and O–H groups in total. The standard InChI is InChI=1S/C13H13ClN4S/c1-8-16-11-4-9(14)2-3-12(11)18(8)6-10-7-19-13(5-15)17-10/h2-4,7H,5-6,15H2,1H3. The Kier molecular flexibility index (Phi) is 3.26. The maximum Gasteiger partial charge on any atom is 0.107 e. The second-order valence-corrected chi connectivity index (χ2v) is 5.69. The first-order valence-electron chi connectivity index (χ1n) is 5.93. The Morgan fingerprint density at radius 2 is 2.21 bits per heavy atom. The van der Waals surface area contributed by atoms with E-state index in [0.29, 0.717) is 18.1 Å². The van der Waals surface area contributed by atoms with Crippen molar-refractivity contribution in [3.05, 3.63) is 45.1 Å². The minimum absolute atomic E-state index is 0.490. The zero-order chi connectivity index (χ0) is 13.4. The van der Waals surface area contributed by atoms with Crippen molar-refractivity contribution in [2.75, 3.05) is 0 Å². The van der Waals surface area contributed by atoms with E-state index in [1.807, 2.05) is 30.5 Å². The second kappa shape index (κ2) is 4.92. The molecule has 6 heteroatoms. The first-order valence-corrected chi connectivity index (χ1v) is 7.19. The minimum Gasteiger partial charge on any atom is -0.325 e. The van der Waals surface area contributed by atoms with Gasteiger partial charge in [-0.15, -0.1) is 11.3 Å². The van der Waals surface area contributed by atoms with Crippen molar-refractivity contribution in [3.63, 3.8) is 0 Å². The highest BCUT2D eigenvalue weighted by Gasteiger charge is 2.10. The average Bonchev–Trinajstić information content (AvgIpc) is 2.95. The molecule has 2 heterocycles. The van der Waals surface area contributed by atoms with E-state index in [1.54, 1.807) is 11.3 Å². The largest absolute Gasteiger partial charge is 0.325 e. The lowest BCUT2D eigenvalue weighted by Crippen LogP contribution is -2.03. The number of benzene rings is 1. The van der Waals surface area contributed by atoms with Gasteiger partial charge >= 0.3 is 0 Å². The van der Waals surface area contributed by atoms with E-state index in [0.717, 1.165) is 27.6 Å². The number of rotatable bonds is 3. The number of hydrogen-bond donors (Lipinski definition) is 1. The maximum atomic E-state index is 5.99. The summed E-state index contributed by atoms with van der Waals surface area (Å²) in [5.74, 6) is 0.958. The van der Waals surface area contributed by atoms with E-state index >= 15 is 0 Å². The first-order chi connectivity index (χ1) is 9.17. The summed E-state index contributed by atoms with van der Waals surface area (Å²) in [5.41, 5.74) is 8.59. The molecule has 0 saturated carbocycles. The van der Waals surface area contributed by atoms with Crippen molar-refractivity contribution < 1.29 is 0 Å². The highest BCUT2D eigenvalue weighted by Crippen LogP contribution is 2.21. The first kappa shape index (κ1) is 12.6. The molecule has 98 valence electrons. The molecule has 0 fully saturated rings. The summed E-state index contributed by atoms with van der Waals surface area (Å²) in [4.78, 5) is 9.01. The molecular weight excluding hydrogens is 280 g/mol. The molecule has 0 bridgehead atoms. The number of aryl methyl sites for hydroxylation is 1. The predicted octanol–water partition coefficient (Wildman–Crippen LogP) is 2.96. The van der Waals surface area contributed by atoms with Gasteiger partial charge in [-0.2, -0.15) is 0 Å². The van der Waals surface area contributed by atoms with Gasteiger partial charge in [0.25, 0.3) is 0 Å². The minimum atomic E-state index is 0.490. The van der Waals surface area contributed by atoms with Gasteiger partial charge in [0, 0.05) is 16.9 Å². The van der Waals surface area contributed by atoms with Gasteiger partial charge in [-0.25, -0.2) is 9.97 Å². The summed E-state index contributed by atoms with van der Waals surface area (Å²) < 4.78 is 2.14. The van der Waals surface area contributed by atoms with Crippen molar-refractivity contribution in [1.82, 2.24) is 14.5 Å². The summed E-state index contributed by atoms with van der Waals surface area (Å²) in [6.45, 7) is 3.19. The predicted molar refractivity (Wildman–Crippen MR) is 78.6 cm³/mol. The normalized spacial score (nSPS) is 11.3. The SMILES string of the molecule is Cc1nc2cc(Cl)ccc2n1Cc1csc(CN)n1. The number of halogens is 1. The van der Waals surface area contributed by atoms with E-state index in [2.05, 4.69) is 14.5 Å². The third-order valence-corrected chi connectivity index (χ3v) is 4.15. The van der Waals surface area contributed by atoms with Gasteiger partial charge in [0.15, 0.2) is 0 Å². The average molecular weight is 293 g/mol. The Morgan fingerprint density at radius 3 is 2.95 bits per heavy atom. The molecular formula is C13H13ClN4S. The van der Waals surface area contributed by atoms with E-state index < -0.39 is 0 Å². The van der Waals surface area contributed by atoms with Crippen LogP contribution in [0.25, 0.3) is 11.0 Å². The van der Waals surface area contributed by atoms with Crippen molar-refractivity contribution in [3.8, 4) is 0 Å². The number of nitrogens with zero attached hydrogens (tertiary/aromatic N) is 3. The van der Waals surface area contributed by atoms with E-state index in [-0.39, 0.29) is 0 Å². The van der Waals surface area contributed by atoms with Crippen LogP contribution in [0, 0.1) is 6.92 Å². The number of imidazole rings is 1. The molecule has 0 aliphatic heterocycles. The highest BCUT2D eigenvalue weighted by atomic mass is 35.5. The number of nitrogens with two attached hydrogens (primary N) is 1. The van der Waals surface area contributed by atoms with Crippen molar-refractivity contribution in [2.45, 2.75) is 20.0 Å². The van der Waals surface area contributed by atoms with Crippen LogP contribution in [-0.4, -0.2) is 14.5 Å². The molecule has 0 saturated heterocycles. The molecule has 0 aliphatic carbocycles. The molecule has 2 aromatic heterocycles. The van der Waals surface area contributed by atoms with Crippen molar-refractivity contribution in [1.29, 1.82) is 0 Å².